The third kappa shape index (κ3) is 5.21. The lowest BCUT2D eigenvalue weighted by molar-refractivity contribution is -0.137. The molecule has 170 valence electrons. The van der Waals surface area contributed by atoms with Crippen molar-refractivity contribution in [1.29, 1.82) is 0 Å². The highest BCUT2D eigenvalue weighted by molar-refractivity contribution is 6.39. The van der Waals surface area contributed by atoms with Crippen LogP contribution in [0, 0.1) is 0 Å². The number of rotatable bonds is 5. The molecule has 9 nitrogen and oxygen atoms in total. The van der Waals surface area contributed by atoms with Gasteiger partial charge in [-0.05, 0) is 42.0 Å². The molecule has 0 aliphatic carbocycles. The number of hydrogen-bond donors (Lipinski definition) is 1. The lowest BCUT2D eigenvalue weighted by Gasteiger charge is -2.26. The number of nitrogens with zero attached hydrogens (tertiary/aromatic N) is 2. The molecule has 0 bridgehead atoms. The second kappa shape index (κ2) is 9.85. The van der Waals surface area contributed by atoms with E-state index in [9.17, 15) is 19.2 Å². The Balaban J connectivity index is 1.46. The zero-order valence-electron chi connectivity index (χ0n) is 17.5. The van der Waals surface area contributed by atoms with Gasteiger partial charge in [-0.3, -0.25) is 19.7 Å². The fourth-order valence-electron chi connectivity index (χ4n) is 3.38. The number of ether oxygens (including phenoxy) is 2. The first-order valence-corrected chi connectivity index (χ1v) is 10.6. The average Bonchev–Trinajstić information content (AvgIpc) is 2.81. The van der Waals surface area contributed by atoms with Crippen molar-refractivity contribution in [3.05, 3.63) is 64.7 Å². The molecular formula is C23H20ClN3O6. The van der Waals surface area contributed by atoms with Crippen LogP contribution in [-0.2, 0) is 19.1 Å². The number of carbonyl (C=O) groups is 4. The predicted molar refractivity (Wildman–Crippen MR) is 120 cm³/mol. The number of halogens is 1. The summed E-state index contributed by atoms with van der Waals surface area (Å²) < 4.78 is 10.8. The van der Waals surface area contributed by atoms with E-state index in [1.165, 1.54) is 12.1 Å². The molecule has 0 atom stereocenters. The summed E-state index contributed by atoms with van der Waals surface area (Å²) in [5.74, 6) is -1.21. The van der Waals surface area contributed by atoms with Crippen LogP contribution in [0.5, 0.6) is 5.75 Å². The summed E-state index contributed by atoms with van der Waals surface area (Å²) in [6.45, 7) is 2.01. The van der Waals surface area contributed by atoms with E-state index < -0.39 is 17.8 Å². The van der Waals surface area contributed by atoms with Crippen molar-refractivity contribution in [3.63, 3.8) is 0 Å². The Morgan fingerprint density at radius 3 is 2.52 bits per heavy atom. The minimum Gasteiger partial charge on any atom is -0.484 e. The summed E-state index contributed by atoms with van der Waals surface area (Å²) in [7, 11) is 0. The zero-order chi connectivity index (χ0) is 23.4. The largest absolute Gasteiger partial charge is 0.484 e. The molecule has 2 saturated heterocycles. The van der Waals surface area contributed by atoms with Crippen LogP contribution >= 0.6 is 11.6 Å². The lowest BCUT2D eigenvalue weighted by Crippen LogP contribution is -2.54. The third-order valence-corrected chi connectivity index (χ3v) is 5.32. The van der Waals surface area contributed by atoms with E-state index in [0.29, 0.717) is 42.6 Å². The molecule has 2 aliphatic rings. The van der Waals surface area contributed by atoms with Crippen LogP contribution in [0.3, 0.4) is 0 Å². The highest BCUT2D eigenvalue weighted by Crippen LogP contribution is 2.25. The number of hydrogen-bond acceptors (Lipinski definition) is 6. The number of carbonyl (C=O) groups excluding carboxylic acids is 4. The Bertz CT molecular complexity index is 1130. The number of urea groups is 1. The fourth-order valence-corrected chi connectivity index (χ4v) is 3.57. The van der Waals surface area contributed by atoms with Gasteiger partial charge < -0.3 is 14.4 Å². The van der Waals surface area contributed by atoms with E-state index in [1.54, 1.807) is 47.4 Å². The second-order valence-electron chi connectivity index (χ2n) is 7.29. The van der Waals surface area contributed by atoms with Gasteiger partial charge in [0, 0.05) is 18.1 Å². The predicted octanol–water partition coefficient (Wildman–Crippen LogP) is 2.24. The molecule has 0 unspecified atom stereocenters. The molecule has 0 radical (unpaired) electrons. The van der Waals surface area contributed by atoms with E-state index in [2.05, 4.69) is 5.32 Å². The Morgan fingerprint density at radius 1 is 1.09 bits per heavy atom. The summed E-state index contributed by atoms with van der Waals surface area (Å²) >= 11 is 5.97. The summed E-state index contributed by atoms with van der Waals surface area (Å²) in [6, 6.07) is 11.9. The Hall–Kier alpha value is -3.69. The van der Waals surface area contributed by atoms with Crippen molar-refractivity contribution in [1.82, 2.24) is 10.2 Å². The van der Waals surface area contributed by atoms with E-state index in [4.69, 9.17) is 21.1 Å². The number of benzene rings is 2. The van der Waals surface area contributed by atoms with Crippen LogP contribution in [0.1, 0.15) is 5.56 Å². The smallest absolute Gasteiger partial charge is 0.335 e. The summed E-state index contributed by atoms with van der Waals surface area (Å²) in [6.07, 6.45) is 1.38. The summed E-state index contributed by atoms with van der Waals surface area (Å²) in [5, 5.41) is 2.51. The normalized spacial score (nSPS) is 17.8. The van der Waals surface area contributed by atoms with Crippen molar-refractivity contribution in [2.24, 2.45) is 0 Å². The van der Waals surface area contributed by atoms with Crippen LogP contribution < -0.4 is 15.0 Å². The molecule has 2 aromatic carbocycles. The zero-order valence-corrected chi connectivity index (χ0v) is 18.2. The van der Waals surface area contributed by atoms with Gasteiger partial charge in [-0.25, -0.2) is 9.69 Å². The van der Waals surface area contributed by atoms with Crippen molar-refractivity contribution in [2.45, 2.75) is 0 Å². The molecule has 5 amide bonds. The van der Waals surface area contributed by atoms with Crippen molar-refractivity contribution in [3.8, 4) is 5.75 Å². The number of amides is 5. The minimum absolute atomic E-state index is 0.0992. The van der Waals surface area contributed by atoms with E-state index in [0.717, 1.165) is 4.90 Å². The Morgan fingerprint density at radius 2 is 1.82 bits per heavy atom. The maximum atomic E-state index is 12.9. The van der Waals surface area contributed by atoms with Crippen LogP contribution in [0.4, 0.5) is 10.5 Å². The fraction of sp³-hybridized carbons (Fsp3) is 0.217. The van der Waals surface area contributed by atoms with Gasteiger partial charge in [-0.2, -0.15) is 0 Å². The number of barbiturate groups is 1. The van der Waals surface area contributed by atoms with Crippen LogP contribution in [0.15, 0.2) is 54.1 Å². The second-order valence-corrected chi connectivity index (χ2v) is 7.73. The molecular weight excluding hydrogens is 450 g/mol. The topological polar surface area (TPSA) is 105 Å². The standard InChI is InChI=1S/C23H20ClN3O6/c24-16-2-1-3-17(13-16)27-22(30)19(21(29)25-23(27)31)12-15-4-6-18(7-5-15)33-14-20(28)26-8-10-32-11-9-26/h1-7,12-13H,8-11,14H2,(H,25,29,31)/b19-12+. The maximum absolute atomic E-state index is 12.9. The molecule has 0 spiro atoms. The molecule has 4 rings (SSSR count). The first kappa shape index (κ1) is 22.5. The van der Waals surface area contributed by atoms with E-state index in [1.807, 2.05) is 0 Å². The SMILES string of the molecule is O=C1NC(=O)N(c2cccc(Cl)c2)C(=O)/C1=C/c1ccc(OCC(=O)N2CCOCC2)cc1. The molecule has 2 fully saturated rings. The molecule has 33 heavy (non-hydrogen) atoms. The highest BCUT2D eigenvalue weighted by Gasteiger charge is 2.36. The quantitative estimate of drug-likeness (QED) is 0.532. The van der Waals surface area contributed by atoms with Crippen molar-refractivity contribution in [2.75, 3.05) is 37.8 Å². The van der Waals surface area contributed by atoms with Crippen LogP contribution in [0.25, 0.3) is 6.08 Å². The van der Waals surface area contributed by atoms with Gasteiger partial charge in [0.1, 0.15) is 11.3 Å². The molecule has 2 aromatic rings. The van der Waals surface area contributed by atoms with Gasteiger partial charge in [0.2, 0.25) is 0 Å². The molecule has 1 N–H and O–H groups in total. The minimum atomic E-state index is -0.849. The summed E-state index contributed by atoms with van der Waals surface area (Å²) in [4.78, 5) is 52.2. The molecule has 0 saturated carbocycles. The number of imide groups is 2. The van der Waals surface area contributed by atoms with E-state index >= 15 is 0 Å². The highest BCUT2D eigenvalue weighted by atomic mass is 35.5. The number of anilines is 1. The van der Waals surface area contributed by atoms with Gasteiger partial charge in [-0.1, -0.05) is 29.8 Å². The van der Waals surface area contributed by atoms with Gasteiger partial charge in [0.25, 0.3) is 17.7 Å². The van der Waals surface area contributed by atoms with Crippen molar-refractivity contribution < 1.29 is 28.7 Å². The molecule has 10 heteroatoms. The van der Waals surface area contributed by atoms with Crippen molar-refractivity contribution >= 4 is 47.1 Å². The average molecular weight is 470 g/mol. The number of nitrogens with one attached hydrogen (secondary N) is 1. The van der Waals surface area contributed by atoms with Gasteiger partial charge >= 0.3 is 6.03 Å². The molecule has 2 heterocycles. The third-order valence-electron chi connectivity index (χ3n) is 5.09. The van der Waals surface area contributed by atoms with Crippen LogP contribution in [-0.4, -0.2) is 61.6 Å². The van der Waals surface area contributed by atoms with E-state index in [-0.39, 0.29) is 23.8 Å². The Kier molecular flexibility index (Phi) is 6.71. The van der Waals surface area contributed by atoms with Crippen LogP contribution in [0.2, 0.25) is 5.02 Å². The molecule has 0 aromatic heterocycles. The monoisotopic (exact) mass is 469 g/mol. The van der Waals surface area contributed by atoms with Gasteiger partial charge in [-0.15, -0.1) is 0 Å². The van der Waals surface area contributed by atoms with Gasteiger partial charge in [0.15, 0.2) is 6.61 Å². The Labute approximate surface area is 194 Å². The first-order chi connectivity index (χ1) is 15.9. The number of morpholine rings is 1. The first-order valence-electron chi connectivity index (χ1n) is 10.2. The van der Waals surface area contributed by atoms with Gasteiger partial charge in [0.05, 0.1) is 18.9 Å². The molecule has 2 aliphatic heterocycles. The lowest BCUT2D eigenvalue weighted by atomic mass is 10.1. The maximum Gasteiger partial charge on any atom is 0.335 e. The summed E-state index contributed by atoms with van der Waals surface area (Å²) in [5.41, 5.74) is 0.587.